The van der Waals surface area contributed by atoms with Crippen LogP contribution in [0.15, 0.2) is 35.5 Å². The number of rotatable bonds is 6. The zero-order valence-corrected chi connectivity index (χ0v) is 11.7. The molecule has 0 saturated heterocycles. The number of hydrogen-bond donors (Lipinski definition) is 1. The number of nitrogens with two attached hydrogens (primary N) is 1. The molecule has 0 radical (unpaired) electrons. The van der Waals surface area contributed by atoms with Gasteiger partial charge < -0.3 is 10.6 Å². The van der Waals surface area contributed by atoms with Crippen LogP contribution in [0.5, 0.6) is 0 Å². The van der Waals surface area contributed by atoms with Crippen molar-refractivity contribution in [2.75, 3.05) is 24.6 Å². The number of likely N-dealkylation sites (N-methyl/N-ethyl adjacent to an activating group) is 1. The molecule has 0 aliphatic carbocycles. The molecule has 4 nitrogen and oxygen atoms in total. The highest BCUT2D eigenvalue weighted by Crippen LogP contribution is 2.23. The standard InChI is InChI=1S/C13H19N3OS/c1-4-16(8-10(2)3)13(17)9-18-12-5-6-15-7-11(12)14/h5-7H,2,4,8-9,14H2,1,3H3. The number of nitrogens with zero attached hydrogens (tertiary/aromatic N) is 2. The first-order valence-corrected chi connectivity index (χ1v) is 6.77. The monoisotopic (exact) mass is 265 g/mol. The number of carbonyl (C=O) groups is 1. The van der Waals surface area contributed by atoms with E-state index >= 15 is 0 Å². The molecular weight excluding hydrogens is 246 g/mol. The molecule has 0 atom stereocenters. The fourth-order valence-corrected chi connectivity index (χ4v) is 2.30. The predicted octanol–water partition coefficient (Wildman–Crippen LogP) is 2.18. The minimum atomic E-state index is 0.0988. The van der Waals surface area contributed by atoms with Gasteiger partial charge in [-0.25, -0.2) is 0 Å². The fraction of sp³-hybridized carbons (Fsp3) is 0.385. The first-order valence-electron chi connectivity index (χ1n) is 5.79. The van der Waals surface area contributed by atoms with Crippen LogP contribution >= 0.6 is 11.8 Å². The second kappa shape index (κ2) is 7.06. The molecule has 0 aliphatic rings. The van der Waals surface area contributed by atoms with Gasteiger partial charge >= 0.3 is 0 Å². The van der Waals surface area contributed by atoms with Crippen LogP contribution in [-0.4, -0.2) is 34.6 Å². The van der Waals surface area contributed by atoms with Gasteiger partial charge in [-0.15, -0.1) is 11.8 Å². The molecule has 2 N–H and O–H groups in total. The Hall–Kier alpha value is -1.49. The van der Waals surface area contributed by atoms with Crippen LogP contribution in [-0.2, 0) is 4.79 Å². The summed E-state index contributed by atoms with van der Waals surface area (Å²) in [6, 6.07) is 1.82. The van der Waals surface area contributed by atoms with Gasteiger partial charge in [-0.2, -0.15) is 0 Å². The lowest BCUT2D eigenvalue weighted by atomic mass is 10.3. The molecule has 1 rings (SSSR count). The van der Waals surface area contributed by atoms with Crippen molar-refractivity contribution in [1.82, 2.24) is 9.88 Å². The third-order valence-corrected chi connectivity index (χ3v) is 3.43. The van der Waals surface area contributed by atoms with Crippen molar-refractivity contribution in [1.29, 1.82) is 0 Å². The van der Waals surface area contributed by atoms with Crippen LogP contribution in [0.25, 0.3) is 0 Å². The first-order chi connectivity index (χ1) is 8.54. The van der Waals surface area contributed by atoms with Gasteiger partial charge in [0.25, 0.3) is 0 Å². The molecule has 1 amide bonds. The summed E-state index contributed by atoms with van der Waals surface area (Å²) in [6.07, 6.45) is 3.27. The Morgan fingerprint density at radius 3 is 2.89 bits per heavy atom. The second-order valence-electron chi connectivity index (χ2n) is 4.07. The SMILES string of the molecule is C=C(C)CN(CC)C(=O)CSc1ccncc1N. The summed E-state index contributed by atoms with van der Waals surface area (Å²) in [7, 11) is 0. The summed E-state index contributed by atoms with van der Waals surface area (Å²) in [4.78, 5) is 18.6. The molecule has 1 aromatic heterocycles. The van der Waals surface area contributed by atoms with E-state index in [0.29, 0.717) is 24.5 Å². The highest BCUT2D eigenvalue weighted by Gasteiger charge is 2.12. The van der Waals surface area contributed by atoms with E-state index in [-0.39, 0.29) is 5.91 Å². The van der Waals surface area contributed by atoms with Crippen molar-refractivity contribution in [3.63, 3.8) is 0 Å². The number of thioether (sulfide) groups is 1. The summed E-state index contributed by atoms with van der Waals surface area (Å²) in [6.45, 7) is 9.02. The molecule has 0 aromatic carbocycles. The molecule has 0 fully saturated rings. The van der Waals surface area contributed by atoms with E-state index in [1.165, 1.54) is 11.8 Å². The van der Waals surface area contributed by atoms with Crippen molar-refractivity contribution in [3.8, 4) is 0 Å². The van der Waals surface area contributed by atoms with Gasteiger partial charge in [0.1, 0.15) is 0 Å². The lowest BCUT2D eigenvalue weighted by Gasteiger charge is -2.20. The number of pyridine rings is 1. The van der Waals surface area contributed by atoms with Gasteiger partial charge in [0.05, 0.1) is 17.6 Å². The summed E-state index contributed by atoms with van der Waals surface area (Å²) in [5.41, 5.74) is 7.37. The van der Waals surface area contributed by atoms with E-state index in [0.717, 1.165) is 10.5 Å². The molecular formula is C13H19N3OS. The van der Waals surface area contributed by atoms with E-state index in [4.69, 9.17) is 5.73 Å². The maximum atomic E-state index is 12.0. The van der Waals surface area contributed by atoms with Crippen LogP contribution in [0.3, 0.4) is 0 Å². The molecule has 0 saturated carbocycles. The molecule has 1 heterocycles. The van der Waals surface area contributed by atoms with Crippen molar-refractivity contribution in [2.24, 2.45) is 0 Å². The van der Waals surface area contributed by atoms with E-state index in [1.807, 2.05) is 19.9 Å². The lowest BCUT2D eigenvalue weighted by molar-refractivity contribution is -0.127. The van der Waals surface area contributed by atoms with E-state index in [2.05, 4.69) is 11.6 Å². The largest absolute Gasteiger partial charge is 0.397 e. The van der Waals surface area contributed by atoms with Crippen molar-refractivity contribution >= 4 is 23.4 Å². The van der Waals surface area contributed by atoms with E-state index < -0.39 is 0 Å². The molecule has 0 unspecified atom stereocenters. The highest BCUT2D eigenvalue weighted by molar-refractivity contribution is 8.00. The van der Waals surface area contributed by atoms with Crippen LogP contribution in [0.1, 0.15) is 13.8 Å². The maximum absolute atomic E-state index is 12.0. The molecule has 5 heteroatoms. The smallest absolute Gasteiger partial charge is 0.233 e. The van der Waals surface area contributed by atoms with Gasteiger partial charge in [-0.3, -0.25) is 9.78 Å². The third kappa shape index (κ3) is 4.41. The van der Waals surface area contributed by atoms with Gasteiger partial charge in [0.2, 0.25) is 5.91 Å². The van der Waals surface area contributed by atoms with Crippen molar-refractivity contribution in [2.45, 2.75) is 18.7 Å². The Bertz CT molecular complexity index is 434. The van der Waals surface area contributed by atoms with Crippen LogP contribution in [0.2, 0.25) is 0 Å². The molecule has 0 bridgehead atoms. The number of amides is 1. The summed E-state index contributed by atoms with van der Waals surface area (Å²) >= 11 is 1.44. The van der Waals surface area contributed by atoms with Crippen molar-refractivity contribution in [3.05, 3.63) is 30.6 Å². The molecule has 0 spiro atoms. The molecule has 1 aromatic rings. The summed E-state index contributed by atoms with van der Waals surface area (Å²) in [5.74, 6) is 0.483. The minimum Gasteiger partial charge on any atom is -0.397 e. The number of hydrogen-bond acceptors (Lipinski definition) is 4. The Morgan fingerprint density at radius 2 is 2.33 bits per heavy atom. The Balaban J connectivity index is 2.54. The van der Waals surface area contributed by atoms with E-state index in [9.17, 15) is 4.79 Å². The van der Waals surface area contributed by atoms with Gasteiger partial charge in [-0.1, -0.05) is 12.2 Å². The Morgan fingerprint density at radius 1 is 1.61 bits per heavy atom. The lowest BCUT2D eigenvalue weighted by Crippen LogP contribution is -2.33. The topological polar surface area (TPSA) is 59.2 Å². The predicted molar refractivity (Wildman–Crippen MR) is 76.4 cm³/mol. The maximum Gasteiger partial charge on any atom is 0.233 e. The normalized spacial score (nSPS) is 10.1. The number of carbonyl (C=O) groups excluding carboxylic acids is 1. The number of nitrogen functional groups attached to an aromatic ring is 1. The van der Waals surface area contributed by atoms with Crippen molar-refractivity contribution < 1.29 is 4.79 Å². The van der Waals surface area contributed by atoms with Crippen LogP contribution < -0.4 is 5.73 Å². The zero-order valence-electron chi connectivity index (χ0n) is 10.8. The number of aromatic nitrogens is 1. The fourth-order valence-electron chi connectivity index (χ4n) is 1.46. The number of anilines is 1. The van der Waals surface area contributed by atoms with Crippen LogP contribution in [0, 0.1) is 0 Å². The minimum absolute atomic E-state index is 0.0988. The van der Waals surface area contributed by atoms with Crippen LogP contribution in [0.4, 0.5) is 5.69 Å². The van der Waals surface area contributed by atoms with Gasteiger partial charge in [-0.05, 0) is 19.9 Å². The highest BCUT2D eigenvalue weighted by atomic mass is 32.2. The zero-order chi connectivity index (χ0) is 13.5. The Kier molecular flexibility index (Phi) is 5.71. The summed E-state index contributed by atoms with van der Waals surface area (Å²) < 4.78 is 0. The molecule has 18 heavy (non-hydrogen) atoms. The quantitative estimate of drug-likeness (QED) is 0.632. The third-order valence-electron chi connectivity index (χ3n) is 2.36. The second-order valence-corrected chi connectivity index (χ2v) is 5.08. The average molecular weight is 265 g/mol. The van der Waals surface area contributed by atoms with E-state index in [1.54, 1.807) is 17.3 Å². The van der Waals surface area contributed by atoms with Gasteiger partial charge in [0, 0.05) is 24.2 Å². The Labute approximate surface area is 112 Å². The average Bonchev–Trinajstić information content (AvgIpc) is 2.34. The molecule has 0 aliphatic heterocycles. The van der Waals surface area contributed by atoms with Gasteiger partial charge in [0.15, 0.2) is 0 Å². The molecule has 98 valence electrons. The summed E-state index contributed by atoms with van der Waals surface area (Å²) in [5, 5.41) is 0. The first kappa shape index (κ1) is 14.6.